The van der Waals surface area contributed by atoms with E-state index in [0.717, 1.165) is 17.0 Å². The van der Waals surface area contributed by atoms with Gasteiger partial charge in [0, 0.05) is 49.4 Å². The average molecular weight is 513 g/mol. The van der Waals surface area contributed by atoms with Crippen molar-refractivity contribution in [2.45, 2.75) is 25.8 Å². The minimum atomic E-state index is -0.242. The molecule has 0 aliphatic carbocycles. The number of amidine groups is 1. The van der Waals surface area contributed by atoms with Crippen molar-refractivity contribution in [3.8, 4) is 0 Å². The molecule has 0 aliphatic heterocycles. The molecular formula is C28H32N8O2. The maximum atomic E-state index is 13.6. The molecule has 196 valence electrons. The summed E-state index contributed by atoms with van der Waals surface area (Å²) in [5, 5.41) is 10.8. The van der Waals surface area contributed by atoms with Crippen LogP contribution in [0, 0.1) is 5.41 Å². The first-order valence-electron chi connectivity index (χ1n) is 12.5. The van der Waals surface area contributed by atoms with Gasteiger partial charge in [0.05, 0.1) is 17.6 Å². The average Bonchev–Trinajstić information content (AvgIpc) is 3.26. The van der Waals surface area contributed by atoms with E-state index in [1.807, 2.05) is 35.9 Å². The number of amides is 1. The van der Waals surface area contributed by atoms with Gasteiger partial charge in [-0.3, -0.25) is 19.9 Å². The van der Waals surface area contributed by atoms with Gasteiger partial charge in [-0.05, 0) is 67.6 Å². The SMILES string of the molecule is Cn1c(CNc2ccc(C(=N)N)cc2)nc2cc(C(=O)N(CCC(=O)CCCN)c3ccccn3)ccc21. The number of ketones is 1. The van der Waals surface area contributed by atoms with Gasteiger partial charge in [-0.15, -0.1) is 0 Å². The quantitative estimate of drug-likeness (QED) is 0.168. The van der Waals surface area contributed by atoms with Crippen molar-refractivity contribution in [3.05, 3.63) is 83.8 Å². The van der Waals surface area contributed by atoms with Crippen molar-refractivity contribution < 1.29 is 9.59 Å². The van der Waals surface area contributed by atoms with Gasteiger partial charge < -0.3 is 21.4 Å². The molecule has 4 aromatic rings. The molecule has 2 aromatic heterocycles. The Kier molecular flexibility index (Phi) is 8.44. The summed E-state index contributed by atoms with van der Waals surface area (Å²) in [7, 11) is 1.93. The summed E-state index contributed by atoms with van der Waals surface area (Å²) in [4.78, 5) is 36.5. The Hall–Kier alpha value is -4.57. The Morgan fingerprint density at radius 1 is 1.05 bits per heavy atom. The molecule has 2 heterocycles. The lowest BCUT2D eigenvalue weighted by Crippen LogP contribution is -2.33. The van der Waals surface area contributed by atoms with Crippen LogP contribution < -0.4 is 21.7 Å². The number of Topliss-reactive ketones (excluding diaryl/α,β-unsaturated/α-hetero) is 1. The molecule has 0 saturated carbocycles. The molecular weight excluding hydrogens is 480 g/mol. The van der Waals surface area contributed by atoms with Gasteiger partial charge in [-0.2, -0.15) is 0 Å². The summed E-state index contributed by atoms with van der Waals surface area (Å²) < 4.78 is 1.98. The number of aryl methyl sites for hydroxylation is 1. The first-order chi connectivity index (χ1) is 18.4. The Morgan fingerprint density at radius 3 is 2.50 bits per heavy atom. The van der Waals surface area contributed by atoms with Crippen LogP contribution in [0.2, 0.25) is 0 Å². The molecule has 0 spiro atoms. The number of anilines is 2. The first kappa shape index (κ1) is 26.5. The van der Waals surface area contributed by atoms with Crippen molar-refractivity contribution >= 4 is 40.1 Å². The number of rotatable bonds is 12. The molecule has 10 heteroatoms. The van der Waals surface area contributed by atoms with Gasteiger partial charge >= 0.3 is 0 Å². The monoisotopic (exact) mass is 512 g/mol. The number of carbonyl (C=O) groups excluding carboxylic acids is 2. The first-order valence-corrected chi connectivity index (χ1v) is 12.5. The van der Waals surface area contributed by atoms with Crippen molar-refractivity contribution in [1.82, 2.24) is 14.5 Å². The fourth-order valence-electron chi connectivity index (χ4n) is 4.14. The standard InChI is InChI=1S/C28H32N8O2/c1-35-24-12-9-20(17-23(24)34-26(35)18-33-21-10-7-19(8-11-21)27(30)31)28(38)36(25-6-2-3-15-32-25)16-13-22(37)5-4-14-29/h2-3,6-12,15,17,33H,4-5,13-14,16,18,29H2,1H3,(H3,30,31). The summed E-state index contributed by atoms with van der Waals surface area (Å²) in [6.07, 6.45) is 2.89. The Bertz CT molecular complexity index is 1430. The molecule has 0 fully saturated rings. The second-order valence-electron chi connectivity index (χ2n) is 8.96. The molecule has 6 N–H and O–H groups in total. The van der Waals surface area contributed by atoms with E-state index in [4.69, 9.17) is 21.9 Å². The number of nitrogens with zero attached hydrogens (tertiary/aromatic N) is 4. The Morgan fingerprint density at radius 2 is 1.82 bits per heavy atom. The number of aromatic nitrogens is 3. The molecule has 1 amide bonds. The van der Waals surface area contributed by atoms with Crippen LogP contribution in [0.3, 0.4) is 0 Å². The van der Waals surface area contributed by atoms with Crippen molar-refractivity contribution in [3.63, 3.8) is 0 Å². The topological polar surface area (TPSA) is 156 Å². The van der Waals surface area contributed by atoms with E-state index in [1.54, 1.807) is 42.6 Å². The third-order valence-corrected chi connectivity index (χ3v) is 6.31. The summed E-state index contributed by atoms with van der Waals surface area (Å²) in [6.45, 7) is 1.16. The molecule has 0 aliphatic rings. The van der Waals surface area contributed by atoms with Crippen LogP contribution in [0.4, 0.5) is 11.5 Å². The molecule has 38 heavy (non-hydrogen) atoms. The minimum absolute atomic E-state index is 0.0251. The van der Waals surface area contributed by atoms with E-state index < -0.39 is 0 Å². The van der Waals surface area contributed by atoms with Crippen molar-refractivity contribution in [2.24, 2.45) is 18.5 Å². The predicted octanol–water partition coefficient (Wildman–Crippen LogP) is 3.21. The zero-order chi connectivity index (χ0) is 27.1. The number of hydrogen-bond acceptors (Lipinski definition) is 7. The fourth-order valence-corrected chi connectivity index (χ4v) is 4.14. The predicted molar refractivity (Wildman–Crippen MR) is 149 cm³/mol. The van der Waals surface area contributed by atoms with Crippen LogP contribution in [0.15, 0.2) is 66.9 Å². The third-order valence-electron chi connectivity index (χ3n) is 6.31. The molecule has 0 radical (unpaired) electrons. The Labute approximate surface area is 221 Å². The van der Waals surface area contributed by atoms with Crippen LogP contribution in [-0.4, -0.2) is 45.2 Å². The molecule has 2 aromatic carbocycles. The maximum Gasteiger partial charge on any atom is 0.259 e. The van der Waals surface area contributed by atoms with Gasteiger partial charge in [0.1, 0.15) is 23.3 Å². The molecule has 0 bridgehead atoms. The number of carbonyl (C=O) groups is 2. The summed E-state index contributed by atoms with van der Waals surface area (Å²) >= 11 is 0. The molecule has 0 unspecified atom stereocenters. The highest BCUT2D eigenvalue weighted by Gasteiger charge is 2.21. The van der Waals surface area contributed by atoms with Gasteiger partial charge in [0.25, 0.3) is 5.91 Å². The fraction of sp³-hybridized carbons (Fsp3) is 0.250. The summed E-state index contributed by atoms with van der Waals surface area (Å²) in [5.41, 5.74) is 14.6. The van der Waals surface area contributed by atoms with E-state index in [-0.39, 0.29) is 30.5 Å². The van der Waals surface area contributed by atoms with Crippen LogP contribution in [0.1, 0.15) is 41.0 Å². The molecule has 0 saturated heterocycles. The van der Waals surface area contributed by atoms with Crippen LogP contribution in [0.5, 0.6) is 0 Å². The van der Waals surface area contributed by atoms with Gasteiger partial charge in [0.2, 0.25) is 0 Å². The lowest BCUT2D eigenvalue weighted by atomic mass is 10.1. The second-order valence-corrected chi connectivity index (χ2v) is 8.96. The van der Waals surface area contributed by atoms with Gasteiger partial charge in [0.15, 0.2) is 0 Å². The van der Waals surface area contributed by atoms with E-state index in [9.17, 15) is 9.59 Å². The Balaban J connectivity index is 1.53. The lowest BCUT2D eigenvalue weighted by Gasteiger charge is -2.21. The molecule has 4 rings (SSSR count). The number of imidazole rings is 1. The minimum Gasteiger partial charge on any atom is -0.384 e. The van der Waals surface area contributed by atoms with E-state index in [0.29, 0.717) is 48.4 Å². The number of fused-ring (bicyclic) bond motifs is 1. The number of nitrogens with two attached hydrogens (primary N) is 2. The maximum absolute atomic E-state index is 13.6. The number of pyridine rings is 1. The van der Waals surface area contributed by atoms with Crippen molar-refractivity contribution in [1.29, 1.82) is 5.41 Å². The number of benzene rings is 2. The van der Waals surface area contributed by atoms with E-state index in [2.05, 4.69) is 10.3 Å². The van der Waals surface area contributed by atoms with Gasteiger partial charge in [-0.25, -0.2) is 9.97 Å². The number of nitrogens with one attached hydrogen (secondary N) is 2. The number of hydrogen-bond donors (Lipinski definition) is 4. The van der Waals surface area contributed by atoms with E-state index in [1.165, 1.54) is 4.90 Å². The second kappa shape index (κ2) is 12.1. The smallest absolute Gasteiger partial charge is 0.259 e. The highest BCUT2D eigenvalue weighted by molar-refractivity contribution is 6.07. The zero-order valence-corrected chi connectivity index (χ0v) is 21.4. The van der Waals surface area contributed by atoms with Gasteiger partial charge in [-0.1, -0.05) is 6.07 Å². The third kappa shape index (κ3) is 6.22. The van der Waals surface area contributed by atoms with Crippen LogP contribution in [0.25, 0.3) is 11.0 Å². The summed E-state index contributed by atoms with van der Waals surface area (Å²) in [6, 6.07) is 18.1. The normalized spacial score (nSPS) is 10.9. The molecule has 10 nitrogen and oxygen atoms in total. The van der Waals surface area contributed by atoms with E-state index >= 15 is 0 Å². The number of nitrogen functional groups attached to an aromatic ring is 1. The lowest BCUT2D eigenvalue weighted by molar-refractivity contribution is -0.118. The summed E-state index contributed by atoms with van der Waals surface area (Å²) in [5.74, 6) is 1.14. The van der Waals surface area contributed by atoms with Crippen LogP contribution in [-0.2, 0) is 18.4 Å². The zero-order valence-electron chi connectivity index (χ0n) is 21.4. The van der Waals surface area contributed by atoms with Crippen LogP contribution >= 0.6 is 0 Å². The molecule has 0 atom stereocenters. The largest absolute Gasteiger partial charge is 0.384 e. The highest BCUT2D eigenvalue weighted by atomic mass is 16.2. The highest BCUT2D eigenvalue weighted by Crippen LogP contribution is 2.21. The van der Waals surface area contributed by atoms with Crippen molar-refractivity contribution in [2.75, 3.05) is 23.3 Å².